The molecule has 3 aromatic rings. The minimum absolute atomic E-state index is 0.0570. The van der Waals surface area contributed by atoms with E-state index in [1.165, 1.54) is 0 Å². The lowest BCUT2D eigenvalue weighted by Gasteiger charge is -2.16. The van der Waals surface area contributed by atoms with Gasteiger partial charge in [0.15, 0.2) is 0 Å². The van der Waals surface area contributed by atoms with E-state index >= 15 is 0 Å². The zero-order chi connectivity index (χ0) is 15.8. The van der Waals surface area contributed by atoms with Crippen LogP contribution in [0.2, 0.25) is 5.02 Å². The highest BCUT2D eigenvalue weighted by Crippen LogP contribution is 2.29. The first-order valence-electron chi connectivity index (χ1n) is 7.60. The smallest absolute Gasteiger partial charge is 0.224 e. The summed E-state index contributed by atoms with van der Waals surface area (Å²) in [4.78, 5) is 11.8. The molecule has 7 nitrogen and oxygen atoms in total. The monoisotopic (exact) mass is 332 g/mol. The summed E-state index contributed by atoms with van der Waals surface area (Å²) in [5.74, 6) is 0.875. The molecule has 0 saturated heterocycles. The molecule has 3 atom stereocenters. The number of fused-ring (bicyclic) bond motifs is 1. The third kappa shape index (κ3) is 3.02. The number of H-pyrrole nitrogens is 1. The highest BCUT2D eigenvalue weighted by molar-refractivity contribution is 6.30. The number of aromatic nitrogens is 5. The molecule has 0 radical (unpaired) electrons. The molecule has 1 aliphatic rings. The lowest BCUT2D eigenvalue weighted by Crippen LogP contribution is -2.28. The Bertz CT molecular complexity index is 815. The van der Waals surface area contributed by atoms with E-state index in [-0.39, 0.29) is 6.04 Å². The molecule has 1 fully saturated rings. The number of anilines is 1. The van der Waals surface area contributed by atoms with Crippen LogP contribution in [0.3, 0.4) is 0 Å². The van der Waals surface area contributed by atoms with Crippen LogP contribution < -0.4 is 5.32 Å². The molecule has 0 amide bonds. The zero-order valence-corrected chi connectivity index (χ0v) is 13.1. The molecule has 0 aliphatic heterocycles. The van der Waals surface area contributed by atoms with Crippen molar-refractivity contribution in [2.75, 3.05) is 5.32 Å². The quantitative estimate of drug-likeness (QED) is 0.680. The van der Waals surface area contributed by atoms with E-state index < -0.39 is 6.10 Å². The van der Waals surface area contributed by atoms with E-state index in [0.29, 0.717) is 16.9 Å². The first-order valence-corrected chi connectivity index (χ1v) is 7.98. The molecule has 0 aromatic carbocycles. The summed E-state index contributed by atoms with van der Waals surface area (Å²) in [6.07, 6.45) is 8.17. The maximum atomic E-state index is 10.3. The van der Waals surface area contributed by atoms with Gasteiger partial charge in [-0.2, -0.15) is 10.1 Å². The summed E-state index contributed by atoms with van der Waals surface area (Å²) in [6.45, 7) is 0.748. The van der Waals surface area contributed by atoms with Crippen LogP contribution in [0.4, 0.5) is 5.95 Å². The van der Waals surface area contributed by atoms with Gasteiger partial charge >= 0.3 is 0 Å². The van der Waals surface area contributed by atoms with Crippen molar-refractivity contribution in [3.8, 4) is 0 Å². The minimum Gasteiger partial charge on any atom is -0.391 e. The lowest BCUT2D eigenvalue weighted by atomic mass is 10.1. The average molecular weight is 333 g/mol. The number of nitrogens with zero attached hydrogens (tertiary/aromatic N) is 4. The number of rotatable bonds is 4. The second-order valence-electron chi connectivity index (χ2n) is 6.01. The second kappa shape index (κ2) is 5.82. The molecule has 8 heteroatoms. The lowest BCUT2D eigenvalue weighted by molar-refractivity contribution is 0.165. The average Bonchev–Trinajstić information content (AvgIpc) is 3.21. The van der Waals surface area contributed by atoms with Crippen LogP contribution in [0.1, 0.15) is 12.8 Å². The number of aromatic amines is 1. The fourth-order valence-electron chi connectivity index (χ4n) is 3.20. The molecule has 1 aliphatic carbocycles. The minimum atomic E-state index is -0.422. The molecule has 120 valence electrons. The van der Waals surface area contributed by atoms with Gasteiger partial charge in [-0.1, -0.05) is 11.6 Å². The van der Waals surface area contributed by atoms with Gasteiger partial charge in [-0.25, -0.2) is 4.98 Å². The van der Waals surface area contributed by atoms with Gasteiger partial charge in [0.1, 0.15) is 5.65 Å². The van der Waals surface area contributed by atoms with Crippen LogP contribution >= 0.6 is 11.6 Å². The van der Waals surface area contributed by atoms with Crippen molar-refractivity contribution in [3.05, 3.63) is 35.9 Å². The highest BCUT2D eigenvalue weighted by Gasteiger charge is 2.33. The fourth-order valence-corrected chi connectivity index (χ4v) is 3.36. The fraction of sp³-hybridized carbons (Fsp3) is 0.400. The van der Waals surface area contributed by atoms with E-state index in [2.05, 4.69) is 25.4 Å². The van der Waals surface area contributed by atoms with Crippen LogP contribution in [-0.2, 0) is 6.54 Å². The number of aliphatic hydroxyl groups is 1. The summed E-state index contributed by atoms with van der Waals surface area (Å²) < 4.78 is 1.82. The Kier molecular flexibility index (Phi) is 3.66. The van der Waals surface area contributed by atoms with Gasteiger partial charge in [-0.3, -0.25) is 4.68 Å². The Labute approximate surface area is 137 Å². The number of halogens is 1. The van der Waals surface area contributed by atoms with Gasteiger partial charge in [0.05, 0.1) is 23.4 Å². The van der Waals surface area contributed by atoms with Crippen molar-refractivity contribution in [2.24, 2.45) is 5.92 Å². The summed E-state index contributed by atoms with van der Waals surface area (Å²) in [6, 6.07) is 1.87. The van der Waals surface area contributed by atoms with Crippen LogP contribution in [0, 0.1) is 5.92 Å². The Morgan fingerprint density at radius 2 is 2.30 bits per heavy atom. The van der Waals surface area contributed by atoms with Crippen molar-refractivity contribution >= 4 is 28.6 Å². The van der Waals surface area contributed by atoms with E-state index in [0.717, 1.165) is 30.4 Å². The van der Waals surface area contributed by atoms with E-state index in [1.54, 1.807) is 18.6 Å². The van der Waals surface area contributed by atoms with Gasteiger partial charge in [0.25, 0.3) is 0 Å². The normalized spacial score (nSPS) is 24.3. The van der Waals surface area contributed by atoms with Crippen molar-refractivity contribution in [2.45, 2.75) is 31.5 Å². The molecule has 3 N–H and O–H groups in total. The first-order chi connectivity index (χ1) is 11.2. The van der Waals surface area contributed by atoms with E-state index in [4.69, 9.17) is 11.6 Å². The van der Waals surface area contributed by atoms with E-state index in [9.17, 15) is 5.11 Å². The molecule has 23 heavy (non-hydrogen) atoms. The SMILES string of the molecule is O[C@@H]1CC(Cn2cc(Cl)cn2)C[C@H]1Nc1ncc2cc[nH]c2n1. The maximum Gasteiger partial charge on any atom is 0.224 e. The van der Waals surface area contributed by atoms with Crippen LogP contribution in [0.25, 0.3) is 11.0 Å². The third-order valence-corrected chi connectivity index (χ3v) is 4.48. The Morgan fingerprint density at radius 3 is 3.13 bits per heavy atom. The number of hydrogen-bond acceptors (Lipinski definition) is 5. The Hall–Kier alpha value is -2.12. The van der Waals surface area contributed by atoms with Crippen LogP contribution in [0.5, 0.6) is 0 Å². The summed E-state index contributed by atoms with van der Waals surface area (Å²) >= 11 is 5.88. The standard InChI is InChI=1S/C15H17ClN6O/c16-11-6-19-22(8-11)7-9-3-12(13(23)4-9)20-15-18-5-10-1-2-17-14(10)21-15/h1-2,5-6,8-9,12-13,23H,3-4,7H2,(H2,17,18,20,21)/t9?,12-,13-/m1/s1. The number of nitrogens with one attached hydrogen (secondary N) is 2. The highest BCUT2D eigenvalue weighted by atomic mass is 35.5. The van der Waals surface area contributed by atoms with E-state index in [1.807, 2.05) is 16.9 Å². The molecule has 4 rings (SSSR count). The van der Waals surface area contributed by atoms with Crippen molar-refractivity contribution in [3.63, 3.8) is 0 Å². The van der Waals surface area contributed by atoms with Crippen molar-refractivity contribution in [1.82, 2.24) is 24.7 Å². The van der Waals surface area contributed by atoms with Crippen molar-refractivity contribution < 1.29 is 5.11 Å². The van der Waals surface area contributed by atoms with Gasteiger partial charge in [0.2, 0.25) is 5.95 Å². The van der Waals surface area contributed by atoms with Crippen molar-refractivity contribution in [1.29, 1.82) is 0 Å². The molecule has 1 unspecified atom stereocenters. The van der Waals surface area contributed by atoms with Crippen LogP contribution in [-0.4, -0.2) is 42.0 Å². The molecular weight excluding hydrogens is 316 g/mol. The maximum absolute atomic E-state index is 10.3. The third-order valence-electron chi connectivity index (χ3n) is 4.29. The molecule has 3 heterocycles. The summed E-state index contributed by atoms with van der Waals surface area (Å²) in [5, 5.41) is 19.3. The largest absolute Gasteiger partial charge is 0.391 e. The van der Waals surface area contributed by atoms with Gasteiger partial charge < -0.3 is 15.4 Å². The zero-order valence-electron chi connectivity index (χ0n) is 12.4. The van der Waals surface area contributed by atoms with Gasteiger partial charge in [0, 0.05) is 30.5 Å². The molecule has 3 aromatic heterocycles. The Morgan fingerprint density at radius 1 is 1.39 bits per heavy atom. The topological polar surface area (TPSA) is 91.6 Å². The molecule has 0 bridgehead atoms. The second-order valence-corrected chi connectivity index (χ2v) is 6.45. The number of aliphatic hydroxyl groups excluding tert-OH is 1. The Balaban J connectivity index is 1.42. The summed E-state index contributed by atoms with van der Waals surface area (Å²) in [5.41, 5.74) is 0.790. The summed E-state index contributed by atoms with van der Waals surface area (Å²) in [7, 11) is 0. The van der Waals surface area contributed by atoms with Gasteiger partial charge in [-0.15, -0.1) is 0 Å². The molecule has 1 saturated carbocycles. The predicted octanol–water partition coefficient (Wildman–Crippen LogP) is 2.06. The number of hydrogen-bond donors (Lipinski definition) is 3. The van der Waals surface area contributed by atoms with Crippen LogP contribution in [0.15, 0.2) is 30.9 Å². The molecule has 0 spiro atoms. The van der Waals surface area contributed by atoms with Gasteiger partial charge in [-0.05, 0) is 24.8 Å². The first kappa shape index (κ1) is 14.5. The molecular formula is C15H17ClN6O. The predicted molar refractivity (Wildman–Crippen MR) is 87.3 cm³/mol.